The van der Waals surface area contributed by atoms with E-state index in [9.17, 15) is 27.6 Å². The number of fused-ring (bicyclic) bond motifs is 5. The lowest BCUT2D eigenvalue weighted by molar-refractivity contribution is -0.141. The van der Waals surface area contributed by atoms with E-state index in [4.69, 9.17) is 19.2 Å². The molecule has 5 heterocycles. The number of nitrogens with one attached hydrogen (secondary N) is 3. The topological polar surface area (TPSA) is 186 Å². The number of allylic oxidation sites excluding steroid dienone is 1. The number of hydrogen-bond acceptors (Lipinski definition) is 11. The average molecular weight is 835 g/mol. The molecule has 1 aromatic heterocycles. The fourth-order valence-corrected chi connectivity index (χ4v) is 10.4. The van der Waals surface area contributed by atoms with Gasteiger partial charge in [-0.1, -0.05) is 43.2 Å². The summed E-state index contributed by atoms with van der Waals surface area (Å²) in [5, 5.41) is 6.79. The van der Waals surface area contributed by atoms with Crippen molar-refractivity contribution in [1.29, 1.82) is 0 Å². The molecule has 59 heavy (non-hydrogen) atoms. The molecule has 8 rings (SSSR count). The molecule has 6 aliphatic rings. The number of sulfonamides is 1. The minimum Gasteiger partial charge on any atom is -0.483 e. The van der Waals surface area contributed by atoms with E-state index in [1.165, 1.54) is 4.90 Å². The third-order valence-corrected chi connectivity index (χ3v) is 15.1. The van der Waals surface area contributed by atoms with Gasteiger partial charge in [0.15, 0.2) is 0 Å². The van der Waals surface area contributed by atoms with Gasteiger partial charge in [-0.25, -0.2) is 18.2 Å². The number of carbonyl (C=O) groups is 4. The molecule has 4 aliphatic heterocycles. The van der Waals surface area contributed by atoms with Gasteiger partial charge in [0.2, 0.25) is 21.8 Å². The van der Waals surface area contributed by atoms with Crippen molar-refractivity contribution in [2.75, 3.05) is 32.8 Å². The van der Waals surface area contributed by atoms with Gasteiger partial charge in [-0.3, -0.25) is 24.0 Å². The van der Waals surface area contributed by atoms with Crippen LogP contribution >= 0.6 is 0 Å². The van der Waals surface area contributed by atoms with Crippen LogP contribution in [0.15, 0.2) is 36.4 Å². The van der Waals surface area contributed by atoms with Crippen LogP contribution in [0.5, 0.6) is 5.75 Å². The number of para-hydroxylation sites is 1. The summed E-state index contributed by atoms with van der Waals surface area (Å²) in [7, 11) is -4.00. The number of amides is 4. The van der Waals surface area contributed by atoms with Crippen LogP contribution in [0.4, 0.5) is 4.79 Å². The first-order valence-electron chi connectivity index (χ1n) is 21.3. The molecule has 15 nitrogen and oxygen atoms in total. The van der Waals surface area contributed by atoms with E-state index in [0.29, 0.717) is 70.5 Å². The zero-order valence-corrected chi connectivity index (χ0v) is 35.5. The standard InChI is InChI=1S/C43H58N6O9S/c1-40(2,3)58-39(53)45-32-15-9-7-5-6-8-12-28-24-43(28,38(52)47-59(54,55)41(4)18-19-41)46-36(50)34-25-42(27-49(34)37(32)51)17-16-30-29-13-10-11-14-31(29)44-33(35(30)57-42)26-48-20-22-56-23-21-48/h8,10-14,28,32,34H,5-7,9,15-27H2,1-4H3,(H,45,53)(H,46,50)(H,47,52)/b12-8-/t28-,32+,34+,42-,43-/m1/s1. The predicted octanol–water partition coefficient (Wildman–Crippen LogP) is 4.02. The third-order valence-electron chi connectivity index (χ3n) is 13.0. The normalized spacial score (nSPS) is 30.4. The SMILES string of the molecule is CC(C)(C)OC(=O)N[C@H]1CCCCC/C=C\[C@@H]2C[C@@]2(C(=O)NS(=O)(=O)C2(C)CC2)NC(=O)[C@@H]2C[C@]3(CCc4c(c(CN5CCOCC5)nc5ccccc45)O3)CN2C1=O. The summed E-state index contributed by atoms with van der Waals surface area (Å²) in [6.07, 6.45) is 8.69. The van der Waals surface area contributed by atoms with Crippen LogP contribution in [0, 0.1) is 5.92 Å². The molecule has 4 amide bonds. The number of aryl methyl sites for hydroxylation is 1. The molecular formula is C43H58N6O9S. The van der Waals surface area contributed by atoms with Gasteiger partial charge in [0.05, 0.1) is 35.7 Å². The summed E-state index contributed by atoms with van der Waals surface area (Å²) >= 11 is 0. The predicted molar refractivity (Wildman–Crippen MR) is 219 cm³/mol. The average Bonchev–Trinajstić information content (AvgIpc) is 4.08. The van der Waals surface area contributed by atoms with Crippen LogP contribution in [-0.4, -0.2) is 113 Å². The Bertz CT molecular complexity index is 2150. The third kappa shape index (κ3) is 8.54. The number of alkyl carbamates (subject to hydrolysis) is 1. The second kappa shape index (κ2) is 15.6. The molecule has 0 unspecified atom stereocenters. The molecule has 1 aromatic carbocycles. The Kier molecular flexibility index (Phi) is 11.0. The number of carbonyl (C=O) groups excluding carboxylic acids is 4. The highest BCUT2D eigenvalue weighted by atomic mass is 32.2. The van der Waals surface area contributed by atoms with Crippen molar-refractivity contribution in [1.82, 2.24) is 30.1 Å². The van der Waals surface area contributed by atoms with Crippen LogP contribution < -0.4 is 20.1 Å². The van der Waals surface area contributed by atoms with Crippen molar-refractivity contribution in [2.45, 2.75) is 138 Å². The maximum Gasteiger partial charge on any atom is 0.408 e. The Hall–Kier alpha value is -4.28. The highest BCUT2D eigenvalue weighted by Crippen LogP contribution is 2.49. The molecule has 4 fully saturated rings. The number of morpholine rings is 1. The molecule has 2 saturated heterocycles. The maximum absolute atomic E-state index is 14.9. The van der Waals surface area contributed by atoms with Crippen molar-refractivity contribution < 1.29 is 41.8 Å². The Labute approximate surface area is 346 Å². The van der Waals surface area contributed by atoms with Crippen molar-refractivity contribution in [2.24, 2.45) is 5.92 Å². The Morgan fingerprint density at radius 1 is 1.05 bits per heavy atom. The van der Waals surface area contributed by atoms with E-state index < -0.39 is 73.3 Å². The molecule has 0 bridgehead atoms. The number of rotatable bonds is 6. The summed E-state index contributed by atoms with van der Waals surface area (Å²) in [6, 6.07) is 5.89. The van der Waals surface area contributed by atoms with E-state index in [0.717, 1.165) is 48.1 Å². The molecule has 320 valence electrons. The first-order chi connectivity index (χ1) is 28.0. The summed E-state index contributed by atoms with van der Waals surface area (Å²) in [4.78, 5) is 65.9. The van der Waals surface area contributed by atoms with Gasteiger partial charge in [0.1, 0.15) is 34.6 Å². The molecular weight excluding hydrogens is 777 g/mol. The maximum atomic E-state index is 14.9. The first kappa shape index (κ1) is 41.5. The van der Waals surface area contributed by atoms with Crippen molar-refractivity contribution in [3.63, 3.8) is 0 Å². The molecule has 2 saturated carbocycles. The lowest BCUT2D eigenvalue weighted by Gasteiger charge is -2.37. The van der Waals surface area contributed by atoms with Gasteiger partial charge in [-0.2, -0.15) is 0 Å². The molecule has 5 atom stereocenters. The van der Waals surface area contributed by atoms with Crippen LogP contribution in [0.2, 0.25) is 0 Å². The molecule has 0 radical (unpaired) electrons. The van der Waals surface area contributed by atoms with Gasteiger partial charge in [0, 0.05) is 42.9 Å². The molecule has 2 aliphatic carbocycles. The second-order valence-corrected chi connectivity index (χ2v) is 20.9. The smallest absolute Gasteiger partial charge is 0.408 e. The number of nitrogens with zero attached hydrogens (tertiary/aromatic N) is 3. The van der Waals surface area contributed by atoms with Crippen molar-refractivity contribution in [3.8, 4) is 5.75 Å². The molecule has 3 N–H and O–H groups in total. The number of benzene rings is 1. The number of ether oxygens (including phenoxy) is 3. The zero-order chi connectivity index (χ0) is 41.8. The summed E-state index contributed by atoms with van der Waals surface area (Å²) < 4.78 is 46.2. The largest absolute Gasteiger partial charge is 0.483 e. The lowest BCUT2D eigenvalue weighted by atomic mass is 9.87. The van der Waals surface area contributed by atoms with Gasteiger partial charge in [0.25, 0.3) is 5.91 Å². The fraction of sp³-hybridized carbons (Fsp3) is 0.651. The Balaban J connectivity index is 1.15. The lowest BCUT2D eigenvalue weighted by Crippen LogP contribution is -2.58. The van der Waals surface area contributed by atoms with Crippen molar-refractivity contribution >= 4 is 44.7 Å². The van der Waals surface area contributed by atoms with Crippen LogP contribution in [0.25, 0.3) is 10.9 Å². The molecule has 1 spiro atoms. The zero-order valence-electron chi connectivity index (χ0n) is 34.6. The van der Waals surface area contributed by atoms with E-state index in [2.05, 4.69) is 20.3 Å². The summed E-state index contributed by atoms with van der Waals surface area (Å²) in [6.45, 7) is 10.2. The van der Waals surface area contributed by atoms with Gasteiger partial charge in [-0.05, 0) is 85.1 Å². The summed E-state index contributed by atoms with van der Waals surface area (Å²) in [5.74, 6) is -1.58. The minimum absolute atomic E-state index is 0.0505. The van der Waals surface area contributed by atoms with Gasteiger partial charge >= 0.3 is 6.09 Å². The van der Waals surface area contributed by atoms with Gasteiger partial charge < -0.3 is 29.7 Å². The van der Waals surface area contributed by atoms with E-state index in [-0.39, 0.29) is 19.4 Å². The van der Waals surface area contributed by atoms with Crippen LogP contribution in [0.3, 0.4) is 0 Å². The molecule has 2 aromatic rings. The van der Waals surface area contributed by atoms with Gasteiger partial charge in [-0.15, -0.1) is 0 Å². The number of hydrogen-bond donors (Lipinski definition) is 3. The number of pyridine rings is 1. The highest BCUT2D eigenvalue weighted by Gasteiger charge is 2.64. The molecule has 16 heteroatoms. The van der Waals surface area contributed by atoms with E-state index in [1.54, 1.807) is 27.7 Å². The Morgan fingerprint density at radius 2 is 1.81 bits per heavy atom. The Morgan fingerprint density at radius 3 is 2.56 bits per heavy atom. The second-order valence-electron chi connectivity index (χ2n) is 18.7. The van der Waals surface area contributed by atoms with Crippen LogP contribution in [0.1, 0.15) is 103 Å². The van der Waals surface area contributed by atoms with E-state index >= 15 is 0 Å². The van der Waals surface area contributed by atoms with Crippen molar-refractivity contribution in [3.05, 3.63) is 47.7 Å². The van der Waals surface area contributed by atoms with E-state index in [1.807, 2.05) is 36.4 Å². The highest BCUT2D eigenvalue weighted by molar-refractivity contribution is 7.91. The minimum atomic E-state index is -4.00. The quantitative estimate of drug-likeness (QED) is 0.357. The van der Waals surface area contributed by atoms with Crippen LogP contribution in [-0.2, 0) is 46.8 Å². The monoisotopic (exact) mass is 834 g/mol. The first-order valence-corrected chi connectivity index (χ1v) is 22.7. The summed E-state index contributed by atoms with van der Waals surface area (Å²) in [5.41, 5.74) is -0.647. The fourth-order valence-electron chi connectivity index (χ4n) is 9.08. The number of aromatic nitrogens is 1.